The molecular formula is C16H10ClNO3S. The Kier molecular flexibility index (Phi) is 3.83. The van der Waals surface area contributed by atoms with Crippen LogP contribution in [0.15, 0.2) is 48.5 Å². The highest BCUT2D eigenvalue weighted by Crippen LogP contribution is 2.27. The summed E-state index contributed by atoms with van der Waals surface area (Å²) in [6.45, 7) is 0. The van der Waals surface area contributed by atoms with Gasteiger partial charge in [0.15, 0.2) is 0 Å². The molecule has 1 amide bonds. The quantitative estimate of drug-likeness (QED) is 0.742. The van der Waals surface area contributed by atoms with Crippen LogP contribution in [0.4, 0.5) is 5.69 Å². The first-order chi connectivity index (χ1) is 10.5. The lowest BCUT2D eigenvalue weighted by Gasteiger charge is -2.07. The minimum absolute atomic E-state index is 0.00105. The van der Waals surface area contributed by atoms with Gasteiger partial charge in [-0.15, -0.1) is 11.3 Å². The number of thiophene rings is 1. The van der Waals surface area contributed by atoms with Gasteiger partial charge in [0.1, 0.15) is 0 Å². The maximum Gasteiger partial charge on any atom is 0.337 e. The molecule has 22 heavy (non-hydrogen) atoms. The number of hydrogen-bond donors (Lipinski definition) is 2. The molecule has 3 rings (SSSR count). The fourth-order valence-electron chi connectivity index (χ4n) is 2.08. The molecule has 0 saturated heterocycles. The van der Waals surface area contributed by atoms with Crippen molar-refractivity contribution in [2.24, 2.45) is 0 Å². The largest absolute Gasteiger partial charge is 0.478 e. The number of hydrogen-bond acceptors (Lipinski definition) is 3. The van der Waals surface area contributed by atoms with Gasteiger partial charge >= 0.3 is 5.97 Å². The SMILES string of the molecule is O=C(Nc1cc(Cl)ccc1C(=O)O)c1cc2ccccc2s1. The molecule has 0 spiro atoms. The number of nitrogens with one attached hydrogen (secondary N) is 1. The minimum Gasteiger partial charge on any atom is -0.478 e. The van der Waals surface area contributed by atoms with E-state index in [-0.39, 0.29) is 17.2 Å². The Labute approximate surface area is 135 Å². The Morgan fingerprint density at radius 2 is 1.86 bits per heavy atom. The molecule has 0 aliphatic rings. The van der Waals surface area contributed by atoms with Crippen molar-refractivity contribution >= 4 is 50.6 Å². The van der Waals surface area contributed by atoms with Gasteiger partial charge in [0.2, 0.25) is 0 Å². The van der Waals surface area contributed by atoms with Gasteiger partial charge in [-0.2, -0.15) is 0 Å². The van der Waals surface area contributed by atoms with E-state index >= 15 is 0 Å². The van der Waals surface area contributed by atoms with Crippen molar-refractivity contribution < 1.29 is 14.7 Å². The van der Waals surface area contributed by atoms with E-state index in [1.807, 2.05) is 24.3 Å². The summed E-state index contributed by atoms with van der Waals surface area (Å²) in [6, 6.07) is 13.7. The monoisotopic (exact) mass is 331 g/mol. The summed E-state index contributed by atoms with van der Waals surface area (Å²) in [6.07, 6.45) is 0. The normalized spacial score (nSPS) is 10.6. The summed E-state index contributed by atoms with van der Waals surface area (Å²) in [5, 5.41) is 13.1. The zero-order chi connectivity index (χ0) is 15.7. The highest BCUT2D eigenvalue weighted by molar-refractivity contribution is 7.20. The predicted molar refractivity (Wildman–Crippen MR) is 88.2 cm³/mol. The van der Waals surface area contributed by atoms with Gasteiger partial charge < -0.3 is 10.4 Å². The predicted octanol–water partition coefficient (Wildman–Crippen LogP) is 4.51. The molecule has 1 heterocycles. The second-order valence-electron chi connectivity index (χ2n) is 4.60. The summed E-state index contributed by atoms with van der Waals surface area (Å²) < 4.78 is 0.997. The molecule has 4 nitrogen and oxygen atoms in total. The smallest absolute Gasteiger partial charge is 0.337 e. The van der Waals surface area contributed by atoms with Crippen molar-refractivity contribution in [3.8, 4) is 0 Å². The van der Waals surface area contributed by atoms with Crippen LogP contribution in [0.3, 0.4) is 0 Å². The Morgan fingerprint density at radius 3 is 2.59 bits per heavy atom. The Bertz CT molecular complexity index is 855. The molecule has 0 atom stereocenters. The van der Waals surface area contributed by atoms with Crippen LogP contribution in [-0.2, 0) is 0 Å². The number of carbonyl (C=O) groups excluding carboxylic acids is 1. The van der Waals surface area contributed by atoms with Crippen LogP contribution < -0.4 is 5.32 Å². The first-order valence-corrected chi connectivity index (χ1v) is 7.57. The molecule has 2 N–H and O–H groups in total. The molecule has 0 aliphatic heterocycles. The summed E-state index contributed by atoms with van der Waals surface area (Å²) >= 11 is 7.22. The van der Waals surface area contributed by atoms with Gasteiger partial charge in [-0.1, -0.05) is 29.8 Å². The molecule has 0 fully saturated rings. The number of halogens is 1. The molecule has 2 aromatic carbocycles. The highest BCUT2D eigenvalue weighted by Gasteiger charge is 2.15. The van der Waals surface area contributed by atoms with Gasteiger partial charge in [-0.3, -0.25) is 4.79 Å². The topological polar surface area (TPSA) is 66.4 Å². The number of benzene rings is 2. The van der Waals surface area contributed by atoms with Gasteiger partial charge in [-0.25, -0.2) is 4.79 Å². The molecule has 0 saturated carbocycles. The average Bonchev–Trinajstić information content (AvgIpc) is 2.91. The zero-order valence-electron chi connectivity index (χ0n) is 11.2. The first kappa shape index (κ1) is 14.6. The van der Waals surface area contributed by atoms with Crippen LogP contribution in [0, 0.1) is 0 Å². The molecule has 0 unspecified atom stereocenters. The Morgan fingerprint density at radius 1 is 1.09 bits per heavy atom. The number of fused-ring (bicyclic) bond motifs is 1. The number of amides is 1. The third-order valence-electron chi connectivity index (χ3n) is 3.11. The number of carboxylic acids is 1. The number of rotatable bonds is 3. The van der Waals surface area contributed by atoms with Crippen molar-refractivity contribution in [3.63, 3.8) is 0 Å². The van der Waals surface area contributed by atoms with Crippen molar-refractivity contribution in [3.05, 3.63) is 64.0 Å². The highest BCUT2D eigenvalue weighted by atomic mass is 35.5. The van der Waals surface area contributed by atoms with Crippen molar-refractivity contribution in [1.82, 2.24) is 0 Å². The van der Waals surface area contributed by atoms with Crippen LogP contribution in [-0.4, -0.2) is 17.0 Å². The van der Waals surface area contributed by atoms with Crippen LogP contribution in [0.25, 0.3) is 10.1 Å². The van der Waals surface area contributed by atoms with Crippen LogP contribution >= 0.6 is 22.9 Å². The Hall–Kier alpha value is -2.37. The second-order valence-corrected chi connectivity index (χ2v) is 6.12. The average molecular weight is 332 g/mol. The van der Waals surface area contributed by atoms with Gasteiger partial charge in [0, 0.05) is 9.72 Å². The maximum absolute atomic E-state index is 12.3. The zero-order valence-corrected chi connectivity index (χ0v) is 12.7. The number of carboxylic acid groups (broad SMARTS) is 1. The molecule has 0 aliphatic carbocycles. The van der Waals surface area contributed by atoms with Gasteiger partial charge in [0.25, 0.3) is 5.91 Å². The summed E-state index contributed by atoms with van der Waals surface area (Å²) in [7, 11) is 0. The van der Waals surface area contributed by atoms with E-state index in [1.54, 1.807) is 6.07 Å². The number of aromatic carboxylic acids is 1. The third-order valence-corrected chi connectivity index (χ3v) is 4.46. The molecule has 6 heteroatoms. The summed E-state index contributed by atoms with van der Waals surface area (Å²) in [5.41, 5.74) is 0.182. The summed E-state index contributed by atoms with van der Waals surface area (Å²) in [5.74, 6) is -1.48. The Balaban J connectivity index is 1.94. The lowest BCUT2D eigenvalue weighted by atomic mass is 10.1. The molecule has 0 radical (unpaired) electrons. The molecule has 1 aromatic heterocycles. The van der Waals surface area contributed by atoms with E-state index in [0.29, 0.717) is 9.90 Å². The lowest BCUT2D eigenvalue weighted by Crippen LogP contribution is -2.13. The lowest BCUT2D eigenvalue weighted by molar-refractivity contribution is 0.0698. The van der Waals surface area contributed by atoms with Crippen LogP contribution in [0.5, 0.6) is 0 Å². The number of anilines is 1. The van der Waals surface area contributed by atoms with E-state index in [2.05, 4.69) is 5.32 Å². The molecule has 3 aromatic rings. The molecule has 0 bridgehead atoms. The van der Waals surface area contributed by atoms with E-state index in [0.717, 1.165) is 10.1 Å². The maximum atomic E-state index is 12.3. The third kappa shape index (κ3) is 2.81. The first-order valence-electron chi connectivity index (χ1n) is 6.37. The number of carbonyl (C=O) groups is 2. The van der Waals surface area contributed by atoms with Crippen molar-refractivity contribution in [2.75, 3.05) is 5.32 Å². The standard InChI is InChI=1S/C16H10ClNO3S/c17-10-5-6-11(16(20)21)12(8-10)18-15(19)14-7-9-3-1-2-4-13(9)22-14/h1-8H,(H,18,19)(H,20,21). The van der Waals surface area contributed by atoms with Crippen LogP contribution in [0.1, 0.15) is 20.0 Å². The van der Waals surface area contributed by atoms with Crippen LogP contribution in [0.2, 0.25) is 5.02 Å². The van der Waals surface area contributed by atoms with E-state index in [1.165, 1.54) is 29.5 Å². The van der Waals surface area contributed by atoms with Gasteiger partial charge in [0.05, 0.1) is 16.1 Å². The fourth-order valence-corrected chi connectivity index (χ4v) is 3.21. The second kappa shape index (κ2) is 5.79. The van der Waals surface area contributed by atoms with Crippen molar-refractivity contribution in [2.45, 2.75) is 0 Å². The molecular weight excluding hydrogens is 322 g/mol. The van der Waals surface area contributed by atoms with Crippen molar-refractivity contribution in [1.29, 1.82) is 0 Å². The van der Waals surface area contributed by atoms with E-state index < -0.39 is 5.97 Å². The summed E-state index contributed by atoms with van der Waals surface area (Å²) in [4.78, 5) is 24.0. The molecule has 110 valence electrons. The van der Waals surface area contributed by atoms with Gasteiger partial charge in [-0.05, 0) is 35.7 Å². The fraction of sp³-hybridized carbons (Fsp3) is 0. The minimum atomic E-state index is -1.12. The van der Waals surface area contributed by atoms with E-state index in [4.69, 9.17) is 16.7 Å². The van der Waals surface area contributed by atoms with E-state index in [9.17, 15) is 9.59 Å².